The van der Waals surface area contributed by atoms with Crippen molar-refractivity contribution in [2.75, 3.05) is 37.6 Å². The van der Waals surface area contributed by atoms with Gasteiger partial charge in [0, 0.05) is 31.9 Å². The summed E-state index contributed by atoms with van der Waals surface area (Å²) in [6.45, 7) is 5.65. The van der Waals surface area contributed by atoms with E-state index in [9.17, 15) is 4.79 Å². The van der Waals surface area contributed by atoms with Crippen molar-refractivity contribution in [1.82, 2.24) is 4.90 Å². The van der Waals surface area contributed by atoms with Gasteiger partial charge in [0.15, 0.2) is 0 Å². The first kappa shape index (κ1) is 24.3. The van der Waals surface area contributed by atoms with Crippen LogP contribution < -0.4 is 4.90 Å². The van der Waals surface area contributed by atoms with Crippen LogP contribution >= 0.6 is 24.8 Å². The van der Waals surface area contributed by atoms with Gasteiger partial charge in [-0.15, -0.1) is 24.8 Å². The predicted molar refractivity (Wildman–Crippen MR) is 120 cm³/mol. The Balaban J connectivity index is 0.00000196. The van der Waals surface area contributed by atoms with E-state index in [0.717, 1.165) is 38.2 Å². The second kappa shape index (κ2) is 12.7. The third-order valence-corrected chi connectivity index (χ3v) is 5.06. The average Bonchev–Trinajstić information content (AvgIpc) is 2.67. The number of aliphatic carboxylic acids is 1. The van der Waals surface area contributed by atoms with E-state index in [1.807, 2.05) is 12.1 Å². The molecule has 3 rings (SSSR count). The zero-order valence-corrected chi connectivity index (χ0v) is 17.8. The summed E-state index contributed by atoms with van der Waals surface area (Å²) in [5.41, 5.74) is 3.50. The van der Waals surface area contributed by atoms with E-state index in [0.29, 0.717) is 0 Å². The summed E-state index contributed by atoms with van der Waals surface area (Å²) in [5, 5.41) is 8.81. The highest BCUT2D eigenvalue weighted by Gasteiger charge is 2.16. The monoisotopic (exact) mass is 424 g/mol. The van der Waals surface area contributed by atoms with Gasteiger partial charge in [-0.2, -0.15) is 0 Å². The molecule has 1 heterocycles. The molecule has 0 aromatic heterocycles. The van der Waals surface area contributed by atoms with Crippen LogP contribution in [0.3, 0.4) is 0 Å². The van der Waals surface area contributed by atoms with Crippen LogP contribution in [-0.2, 0) is 17.6 Å². The van der Waals surface area contributed by atoms with Gasteiger partial charge in [-0.05, 0) is 49.1 Å². The average molecular weight is 425 g/mol. The Hall–Kier alpha value is -1.75. The highest BCUT2D eigenvalue weighted by Crippen LogP contribution is 2.16. The molecule has 1 N–H and O–H groups in total. The molecule has 0 spiro atoms. The molecule has 0 bridgehead atoms. The van der Waals surface area contributed by atoms with Crippen LogP contribution in [0.25, 0.3) is 0 Å². The number of unbranched alkanes of at least 4 members (excludes halogenated alkanes) is 1. The van der Waals surface area contributed by atoms with Crippen LogP contribution in [0.1, 0.15) is 24.0 Å². The molecule has 0 radical (unpaired) electrons. The van der Waals surface area contributed by atoms with E-state index in [1.165, 1.54) is 30.6 Å². The number of halogens is 2. The Morgan fingerprint density at radius 1 is 0.821 bits per heavy atom. The minimum atomic E-state index is -0.773. The van der Waals surface area contributed by atoms with Crippen molar-refractivity contribution in [2.45, 2.75) is 25.7 Å². The van der Waals surface area contributed by atoms with Crippen LogP contribution in [-0.4, -0.2) is 48.7 Å². The van der Waals surface area contributed by atoms with Crippen molar-refractivity contribution < 1.29 is 9.90 Å². The molecule has 154 valence electrons. The minimum absolute atomic E-state index is 0. The summed E-state index contributed by atoms with van der Waals surface area (Å²) < 4.78 is 0. The lowest BCUT2D eigenvalue weighted by molar-refractivity contribution is -0.136. The van der Waals surface area contributed by atoms with Gasteiger partial charge < -0.3 is 10.0 Å². The smallest absolute Gasteiger partial charge is 0.307 e. The number of carbonyl (C=O) groups is 1. The largest absolute Gasteiger partial charge is 0.481 e. The number of rotatable bonds is 8. The molecule has 2 aromatic carbocycles. The Kier molecular flexibility index (Phi) is 11.0. The first-order valence-electron chi connectivity index (χ1n) is 9.53. The van der Waals surface area contributed by atoms with E-state index in [2.05, 4.69) is 52.3 Å². The second-order valence-corrected chi connectivity index (χ2v) is 7.01. The van der Waals surface area contributed by atoms with Crippen molar-refractivity contribution in [3.8, 4) is 0 Å². The van der Waals surface area contributed by atoms with Crippen molar-refractivity contribution in [3.05, 3.63) is 65.7 Å². The molecular formula is C22H30Cl2N2O2. The number of anilines is 1. The molecule has 6 heteroatoms. The third kappa shape index (κ3) is 7.70. The van der Waals surface area contributed by atoms with Crippen LogP contribution in [0.4, 0.5) is 5.69 Å². The van der Waals surface area contributed by atoms with Crippen molar-refractivity contribution >= 4 is 36.5 Å². The summed E-state index contributed by atoms with van der Waals surface area (Å²) in [5.74, 6) is -0.773. The molecule has 0 atom stereocenters. The maximum atomic E-state index is 10.7. The molecule has 0 unspecified atom stereocenters. The number of hydrogen-bond donors (Lipinski definition) is 1. The fourth-order valence-electron chi connectivity index (χ4n) is 3.53. The van der Waals surface area contributed by atoms with Gasteiger partial charge in [0.1, 0.15) is 0 Å². The summed E-state index contributed by atoms with van der Waals surface area (Å²) in [6, 6.07) is 18.7. The van der Waals surface area contributed by atoms with E-state index in [1.54, 1.807) is 0 Å². The molecule has 1 aliphatic rings. The van der Waals surface area contributed by atoms with Crippen LogP contribution in [0.15, 0.2) is 54.6 Å². The Labute approximate surface area is 180 Å². The van der Waals surface area contributed by atoms with Crippen LogP contribution in [0.2, 0.25) is 0 Å². The molecular weight excluding hydrogens is 395 g/mol. The number of carboxylic acid groups (broad SMARTS) is 1. The number of benzene rings is 2. The molecule has 1 aliphatic heterocycles. The molecule has 1 fully saturated rings. The van der Waals surface area contributed by atoms with Crippen molar-refractivity contribution in [3.63, 3.8) is 0 Å². The Bertz CT molecular complexity index is 687. The third-order valence-electron chi connectivity index (χ3n) is 5.06. The van der Waals surface area contributed by atoms with Gasteiger partial charge >= 0.3 is 5.97 Å². The van der Waals surface area contributed by atoms with E-state index in [-0.39, 0.29) is 31.2 Å². The second-order valence-electron chi connectivity index (χ2n) is 7.01. The highest BCUT2D eigenvalue weighted by atomic mass is 35.5. The Morgan fingerprint density at radius 3 is 2.04 bits per heavy atom. The number of hydrogen-bond acceptors (Lipinski definition) is 3. The normalized spacial score (nSPS) is 14.1. The quantitative estimate of drug-likeness (QED) is 0.641. The number of carboxylic acids is 1. The van der Waals surface area contributed by atoms with Gasteiger partial charge in [-0.25, -0.2) is 0 Å². The van der Waals surface area contributed by atoms with Crippen molar-refractivity contribution in [1.29, 1.82) is 0 Å². The van der Waals surface area contributed by atoms with Gasteiger partial charge in [0.2, 0.25) is 0 Å². The zero-order chi connectivity index (χ0) is 18.2. The van der Waals surface area contributed by atoms with E-state index < -0.39 is 5.97 Å². The predicted octanol–water partition coefficient (Wildman–Crippen LogP) is 4.30. The van der Waals surface area contributed by atoms with Gasteiger partial charge in [0.25, 0.3) is 0 Å². The first-order valence-corrected chi connectivity index (χ1v) is 9.53. The molecule has 0 amide bonds. The van der Waals surface area contributed by atoms with Gasteiger partial charge in [-0.3, -0.25) is 9.69 Å². The lowest BCUT2D eigenvalue weighted by atomic mass is 10.0. The number of nitrogens with zero attached hydrogens (tertiary/aromatic N) is 2. The Morgan fingerprint density at radius 2 is 1.43 bits per heavy atom. The van der Waals surface area contributed by atoms with Gasteiger partial charge in [-0.1, -0.05) is 42.5 Å². The maximum Gasteiger partial charge on any atom is 0.307 e. The number of aryl methyl sites for hydroxylation is 1. The standard InChI is InChI=1S/C22H28N2O2.2ClH/c25-22(26)18-20-11-9-19(10-12-20)6-4-5-13-23-14-16-24(17-15-23)21-7-2-1-3-8-21;;/h1-3,7-12H,4-6,13-18H2,(H,25,26);2*1H. The fraction of sp³-hybridized carbons (Fsp3) is 0.409. The lowest BCUT2D eigenvalue weighted by Gasteiger charge is -2.36. The summed E-state index contributed by atoms with van der Waals surface area (Å²) in [6.07, 6.45) is 3.56. The molecule has 2 aromatic rings. The zero-order valence-electron chi connectivity index (χ0n) is 16.1. The van der Waals surface area contributed by atoms with Crippen LogP contribution in [0, 0.1) is 0 Å². The molecule has 28 heavy (non-hydrogen) atoms. The SMILES string of the molecule is Cl.Cl.O=C(O)Cc1ccc(CCCCN2CCN(c3ccccc3)CC2)cc1. The first-order chi connectivity index (χ1) is 12.7. The number of para-hydroxylation sites is 1. The highest BCUT2D eigenvalue weighted by molar-refractivity contribution is 5.85. The lowest BCUT2D eigenvalue weighted by Crippen LogP contribution is -2.46. The molecule has 4 nitrogen and oxygen atoms in total. The molecule has 1 saturated heterocycles. The summed E-state index contributed by atoms with van der Waals surface area (Å²) in [7, 11) is 0. The topological polar surface area (TPSA) is 43.8 Å². The number of piperazine rings is 1. The summed E-state index contributed by atoms with van der Waals surface area (Å²) >= 11 is 0. The van der Waals surface area contributed by atoms with Crippen LogP contribution in [0.5, 0.6) is 0 Å². The van der Waals surface area contributed by atoms with Crippen molar-refractivity contribution in [2.24, 2.45) is 0 Å². The van der Waals surface area contributed by atoms with E-state index >= 15 is 0 Å². The maximum absolute atomic E-state index is 10.7. The summed E-state index contributed by atoms with van der Waals surface area (Å²) in [4.78, 5) is 15.7. The molecule has 0 saturated carbocycles. The molecule has 0 aliphatic carbocycles. The fourth-order valence-corrected chi connectivity index (χ4v) is 3.53. The minimum Gasteiger partial charge on any atom is -0.481 e. The van der Waals surface area contributed by atoms with Gasteiger partial charge in [0.05, 0.1) is 6.42 Å². The van der Waals surface area contributed by atoms with E-state index in [4.69, 9.17) is 5.11 Å².